The number of nitrogens with zero attached hydrogens (tertiary/aromatic N) is 1. The largest absolute Gasteiger partial charge is 0.493 e. The Morgan fingerprint density at radius 3 is 2.39 bits per heavy atom. The molecule has 4 rings (SSSR count). The Morgan fingerprint density at radius 1 is 1.00 bits per heavy atom. The summed E-state index contributed by atoms with van der Waals surface area (Å²) < 4.78 is 25.3. The van der Waals surface area contributed by atoms with Gasteiger partial charge in [0.15, 0.2) is 7.05 Å². The highest BCUT2D eigenvalue weighted by Crippen LogP contribution is 2.39. The van der Waals surface area contributed by atoms with Crippen molar-refractivity contribution in [2.24, 2.45) is 0 Å². The van der Waals surface area contributed by atoms with E-state index in [-0.39, 0.29) is 12.4 Å². The molecule has 5 nitrogen and oxygen atoms in total. The number of hydrogen-bond donors (Lipinski definition) is 1. The molecule has 3 aromatic rings. The fraction of sp³-hybridized carbons (Fsp3) is 0.185. The Labute approximate surface area is 192 Å². The molecule has 0 fully saturated rings. The maximum Gasteiger partial charge on any atom is 0.345 e. The first-order chi connectivity index (χ1) is 16.0. The van der Waals surface area contributed by atoms with Gasteiger partial charge >= 0.3 is 5.97 Å². The summed E-state index contributed by atoms with van der Waals surface area (Å²) in [6, 6.07) is 21.4. The molecule has 0 spiro atoms. The van der Waals surface area contributed by atoms with Crippen molar-refractivity contribution in [2.45, 2.75) is 13.3 Å². The number of carbonyl (C=O) groups is 1. The van der Waals surface area contributed by atoms with E-state index < -0.39 is 5.97 Å². The maximum atomic E-state index is 13.1. The second-order valence-electron chi connectivity index (χ2n) is 7.64. The normalized spacial score (nSPS) is 14.2. The summed E-state index contributed by atoms with van der Waals surface area (Å²) in [4.78, 5) is 13.0. The van der Waals surface area contributed by atoms with Crippen LogP contribution in [0.25, 0.3) is 5.57 Å². The van der Waals surface area contributed by atoms with Crippen LogP contribution in [-0.4, -0.2) is 41.9 Å². The van der Waals surface area contributed by atoms with Gasteiger partial charge in [-0.3, -0.25) is 5.21 Å². The van der Waals surface area contributed by atoms with Gasteiger partial charge in [-0.25, -0.2) is 9.18 Å². The molecule has 0 radical (unpaired) electrons. The van der Waals surface area contributed by atoms with Crippen LogP contribution >= 0.6 is 0 Å². The summed E-state index contributed by atoms with van der Waals surface area (Å²) >= 11 is 0. The molecule has 0 aliphatic heterocycles. The Kier molecular flexibility index (Phi) is 6.54. The van der Waals surface area contributed by atoms with E-state index in [4.69, 9.17) is 9.47 Å². The van der Waals surface area contributed by atoms with Crippen molar-refractivity contribution in [3.8, 4) is 5.75 Å². The molecule has 0 unspecified atom stereocenters. The fourth-order valence-corrected chi connectivity index (χ4v) is 4.00. The molecule has 0 saturated heterocycles. The maximum absolute atomic E-state index is 13.1. The topological polar surface area (TPSA) is 58.8 Å². The summed E-state index contributed by atoms with van der Waals surface area (Å²) in [5.41, 5.74) is 4.70. The lowest BCUT2D eigenvalue weighted by molar-refractivity contribution is -0.753. The van der Waals surface area contributed by atoms with Gasteiger partial charge < -0.3 is 9.47 Å². The Balaban J connectivity index is 1.69. The minimum Gasteiger partial charge on any atom is -0.493 e. The van der Waals surface area contributed by atoms with Crippen LogP contribution in [0, 0.1) is 5.82 Å². The molecule has 0 aromatic heterocycles. The van der Waals surface area contributed by atoms with Crippen molar-refractivity contribution in [3.63, 3.8) is 0 Å². The number of ether oxygens (including phenoxy) is 2. The molecule has 1 aliphatic carbocycles. The van der Waals surface area contributed by atoms with Gasteiger partial charge in [-0.15, -0.1) is 0 Å². The number of benzene rings is 3. The second-order valence-corrected chi connectivity index (χ2v) is 7.64. The van der Waals surface area contributed by atoms with Gasteiger partial charge in [0, 0.05) is 12.0 Å². The van der Waals surface area contributed by atoms with E-state index in [0.717, 1.165) is 21.4 Å². The molecular formula is C27H25FNO4+. The van der Waals surface area contributed by atoms with E-state index in [1.165, 1.54) is 19.2 Å². The lowest BCUT2D eigenvalue weighted by Gasteiger charge is -2.09. The first-order valence-electron chi connectivity index (χ1n) is 10.8. The SMILES string of the molecule is CCOC(=O)C1=C(c2ccccc2)c2ccc(OCCc3ccc(F)cc3)cc2/C1=[N+](/C)O. The van der Waals surface area contributed by atoms with Crippen molar-refractivity contribution in [1.82, 2.24) is 0 Å². The predicted molar refractivity (Wildman–Crippen MR) is 123 cm³/mol. The van der Waals surface area contributed by atoms with Gasteiger partial charge in [-0.05, 0) is 58.7 Å². The summed E-state index contributed by atoms with van der Waals surface area (Å²) in [6.07, 6.45) is 0.620. The lowest BCUT2D eigenvalue weighted by atomic mass is 9.97. The molecule has 33 heavy (non-hydrogen) atoms. The summed E-state index contributed by atoms with van der Waals surface area (Å²) in [5, 5.41) is 10.5. The predicted octanol–water partition coefficient (Wildman–Crippen LogP) is 4.65. The quantitative estimate of drug-likeness (QED) is 0.249. The zero-order chi connectivity index (χ0) is 23.4. The van der Waals surface area contributed by atoms with Crippen molar-refractivity contribution < 1.29 is 28.6 Å². The van der Waals surface area contributed by atoms with E-state index in [2.05, 4.69) is 0 Å². The van der Waals surface area contributed by atoms with Crippen LogP contribution in [0.3, 0.4) is 0 Å². The number of fused-ring (bicyclic) bond motifs is 1. The van der Waals surface area contributed by atoms with Crippen molar-refractivity contribution in [1.29, 1.82) is 0 Å². The van der Waals surface area contributed by atoms with Crippen LogP contribution in [0.4, 0.5) is 4.39 Å². The van der Waals surface area contributed by atoms with Crippen LogP contribution in [0.1, 0.15) is 29.2 Å². The van der Waals surface area contributed by atoms with Crippen molar-refractivity contribution >= 4 is 17.3 Å². The highest BCUT2D eigenvalue weighted by Gasteiger charge is 2.40. The number of hydrogen-bond acceptors (Lipinski definition) is 4. The molecular weight excluding hydrogens is 421 g/mol. The minimum absolute atomic E-state index is 0.223. The standard InChI is InChI=1S/C27H25FNO4/c1-3-32-27(30)25-24(19-7-5-4-6-8-19)22-14-13-21(17-23(22)26(25)29(2)31)33-16-15-18-9-11-20(28)12-10-18/h4-14,17,31H,3,15-16H2,1-2H3/q+1/b29-26+. The molecule has 1 N–H and O–H groups in total. The lowest BCUT2D eigenvalue weighted by Crippen LogP contribution is -2.22. The Hall–Kier alpha value is -3.93. The minimum atomic E-state index is -0.498. The number of esters is 1. The zero-order valence-corrected chi connectivity index (χ0v) is 18.5. The van der Waals surface area contributed by atoms with Crippen LogP contribution < -0.4 is 4.74 Å². The van der Waals surface area contributed by atoms with Crippen LogP contribution in [0.15, 0.2) is 78.4 Å². The van der Waals surface area contributed by atoms with Gasteiger partial charge in [0.1, 0.15) is 17.1 Å². The smallest absolute Gasteiger partial charge is 0.345 e. The van der Waals surface area contributed by atoms with Crippen LogP contribution in [0.2, 0.25) is 0 Å². The molecule has 0 heterocycles. The van der Waals surface area contributed by atoms with E-state index in [9.17, 15) is 14.4 Å². The molecule has 0 atom stereocenters. The highest BCUT2D eigenvalue weighted by molar-refractivity contribution is 6.35. The van der Waals surface area contributed by atoms with Crippen LogP contribution in [0.5, 0.6) is 5.75 Å². The average molecular weight is 446 g/mol. The van der Waals surface area contributed by atoms with Crippen molar-refractivity contribution in [2.75, 3.05) is 20.3 Å². The molecule has 1 aliphatic rings. The number of halogens is 1. The van der Waals surface area contributed by atoms with E-state index >= 15 is 0 Å². The van der Waals surface area contributed by atoms with Crippen LogP contribution in [-0.2, 0) is 16.0 Å². The summed E-state index contributed by atoms with van der Waals surface area (Å²) in [6.45, 7) is 2.37. The number of carbonyl (C=O) groups excluding carboxylic acids is 1. The molecule has 3 aromatic carbocycles. The first kappa shape index (κ1) is 22.3. The number of hydroxylamine groups is 1. The average Bonchev–Trinajstić information content (AvgIpc) is 3.16. The number of rotatable bonds is 7. The second kappa shape index (κ2) is 9.69. The highest BCUT2D eigenvalue weighted by atomic mass is 19.1. The Morgan fingerprint density at radius 2 is 1.73 bits per heavy atom. The Bertz CT molecular complexity index is 1230. The van der Waals surface area contributed by atoms with Crippen molar-refractivity contribution in [3.05, 3.63) is 106 Å². The van der Waals surface area contributed by atoms with Gasteiger partial charge in [0.2, 0.25) is 0 Å². The summed E-state index contributed by atoms with van der Waals surface area (Å²) in [7, 11) is 1.48. The van der Waals surface area contributed by atoms with E-state index in [1.807, 2.05) is 48.5 Å². The fourth-order valence-electron chi connectivity index (χ4n) is 4.00. The molecule has 0 saturated carbocycles. The third-order valence-electron chi connectivity index (χ3n) is 5.44. The van der Waals surface area contributed by atoms with E-state index in [0.29, 0.717) is 41.2 Å². The molecule has 168 valence electrons. The molecule has 0 bridgehead atoms. The molecule has 0 amide bonds. The van der Waals surface area contributed by atoms with E-state index in [1.54, 1.807) is 19.1 Å². The molecule has 6 heteroatoms. The first-order valence-corrected chi connectivity index (χ1v) is 10.8. The van der Waals surface area contributed by atoms with Gasteiger partial charge in [0.05, 0.1) is 18.8 Å². The van der Waals surface area contributed by atoms with Gasteiger partial charge in [0.25, 0.3) is 5.71 Å². The zero-order valence-electron chi connectivity index (χ0n) is 18.5. The third kappa shape index (κ3) is 4.65. The third-order valence-corrected chi connectivity index (χ3v) is 5.44. The monoisotopic (exact) mass is 446 g/mol. The van der Waals surface area contributed by atoms with Gasteiger partial charge in [-0.1, -0.05) is 42.5 Å². The summed E-state index contributed by atoms with van der Waals surface area (Å²) in [5.74, 6) is -0.163. The van der Waals surface area contributed by atoms with Gasteiger partial charge in [-0.2, -0.15) is 0 Å².